The van der Waals surface area contributed by atoms with Crippen molar-refractivity contribution in [2.75, 3.05) is 0 Å². The van der Waals surface area contributed by atoms with Crippen molar-refractivity contribution in [1.82, 2.24) is 4.98 Å². The maximum atomic E-state index is 12.7. The third-order valence-corrected chi connectivity index (χ3v) is 4.14. The molecule has 3 rings (SSSR count). The molecule has 1 heterocycles. The largest absolute Gasteiger partial charge is 0.360 e. The Morgan fingerprint density at radius 3 is 2.36 bits per heavy atom. The second kappa shape index (κ2) is 5.29. The van der Waals surface area contributed by atoms with Crippen LogP contribution in [0.25, 0.3) is 10.9 Å². The average molecular weight is 312 g/mol. The Labute approximate surface area is 135 Å². The Hall–Kier alpha value is -2.06. The van der Waals surface area contributed by atoms with E-state index in [0.717, 1.165) is 10.9 Å². The molecule has 3 heteroatoms. The van der Waals surface area contributed by atoms with Gasteiger partial charge in [0.15, 0.2) is 5.78 Å². The molecule has 1 N–H and O–H groups in total. The summed E-state index contributed by atoms with van der Waals surface area (Å²) >= 11 is 5.98. The first-order valence-electron chi connectivity index (χ1n) is 7.28. The SMILES string of the molecule is CC(C)(C)c1ccc(C(=O)c2c[nH]c3cc(Cl)ccc23)cc1. The molecular weight excluding hydrogens is 294 g/mol. The van der Waals surface area contributed by atoms with Crippen LogP contribution in [0.2, 0.25) is 5.02 Å². The minimum atomic E-state index is 0.0223. The molecule has 0 bridgehead atoms. The lowest BCUT2D eigenvalue weighted by Crippen LogP contribution is -2.11. The van der Waals surface area contributed by atoms with Crippen molar-refractivity contribution in [2.45, 2.75) is 26.2 Å². The fraction of sp³-hybridized carbons (Fsp3) is 0.211. The Kier molecular flexibility index (Phi) is 3.57. The summed E-state index contributed by atoms with van der Waals surface area (Å²) in [6.45, 7) is 6.48. The second-order valence-corrected chi connectivity index (χ2v) is 6.99. The monoisotopic (exact) mass is 311 g/mol. The predicted molar refractivity (Wildman–Crippen MR) is 91.9 cm³/mol. The van der Waals surface area contributed by atoms with Crippen molar-refractivity contribution in [1.29, 1.82) is 0 Å². The summed E-state index contributed by atoms with van der Waals surface area (Å²) in [6, 6.07) is 13.4. The third kappa shape index (κ3) is 2.67. The number of halogens is 1. The number of ketones is 1. The van der Waals surface area contributed by atoms with Crippen LogP contribution in [0.1, 0.15) is 42.3 Å². The van der Waals surface area contributed by atoms with Crippen LogP contribution in [0.4, 0.5) is 0 Å². The maximum absolute atomic E-state index is 12.7. The molecule has 0 aliphatic carbocycles. The molecular formula is C19H18ClNO. The van der Waals surface area contributed by atoms with Gasteiger partial charge >= 0.3 is 0 Å². The zero-order chi connectivity index (χ0) is 15.9. The topological polar surface area (TPSA) is 32.9 Å². The fourth-order valence-corrected chi connectivity index (χ4v) is 2.74. The average Bonchev–Trinajstić information content (AvgIpc) is 2.88. The Balaban J connectivity index is 1.99. The molecule has 22 heavy (non-hydrogen) atoms. The highest BCUT2D eigenvalue weighted by atomic mass is 35.5. The molecule has 112 valence electrons. The second-order valence-electron chi connectivity index (χ2n) is 6.55. The van der Waals surface area contributed by atoms with E-state index in [4.69, 9.17) is 11.6 Å². The van der Waals surface area contributed by atoms with Crippen molar-refractivity contribution in [2.24, 2.45) is 0 Å². The summed E-state index contributed by atoms with van der Waals surface area (Å²) in [7, 11) is 0. The van der Waals surface area contributed by atoms with Gasteiger partial charge < -0.3 is 4.98 Å². The van der Waals surface area contributed by atoms with Gasteiger partial charge in [-0.3, -0.25) is 4.79 Å². The van der Waals surface area contributed by atoms with Gasteiger partial charge in [-0.2, -0.15) is 0 Å². The molecule has 3 aromatic rings. The molecule has 2 aromatic carbocycles. The van der Waals surface area contributed by atoms with Crippen LogP contribution >= 0.6 is 11.6 Å². The number of carbonyl (C=O) groups excluding carboxylic acids is 1. The van der Waals surface area contributed by atoms with Crippen molar-refractivity contribution < 1.29 is 4.79 Å². The highest BCUT2D eigenvalue weighted by Gasteiger charge is 2.17. The molecule has 0 aliphatic heterocycles. The number of aromatic nitrogens is 1. The number of H-pyrrole nitrogens is 1. The maximum Gasteiger partial charge on any atom is 0.195 e. The molecule has 2 nitrogen and oxygen atoms in total. The van der Waals surface area contributed by atoms with Crippen molar-refractivity contribution in [3.8, 4) is 0 Å². The quantitative estimate of drug-likeness (QED) is 0.636. The van der Waals surface area contributed by atoms with Crippen molar-refractivity contribution in [3.63, 3.8) is 0 Å². The van der Waals surface area contributed by atoms with Gasteiger partial charge in [-0.15, -0.1) is 0 Å². The first kappa shape index (κ1) is 14.9. The van der Waals surface area contributed by atoms with Crippen LogP contribution in [0.5, 0.6) is 0 Å². The van der Waals surface area contributed by atoms with Crippen LogP contribution in [0, 0.1) is 0 Å². The number of carbonyl (C=O) groups is 1. The van der Waals surface area contributed by atoms with Gasteiger partial charge in [0, 0.05) is 33.2 Å². The minimum absolute atomic E-state index is 0.0223. The van der Waals surface area contributed by atoms with E-state index in [-0.39, 0.29) is 11.2 Å². The molecule has 0 amide bonds. The van der Waals surface area contributed by atoms with Crippen LogP contribution in [0.15, 0.2) is 48.7 Å². The summed E-state index contributed by atoms with van der Waals surface area (Å²) in [5.41, 5.74) is 3.55. The molecule has 0 saturated carbocycles. The van der Waals surface area contributed by atoms with Crippen molar-refractivity contribution in [3.05, 3.63) is 70.4 Å². The van der Waals surface area contributed by atoms with Crippen molar-refractivity contribution >= 4 is 28.3 Å². The molecule has 1 aromatic heterocycles. The number of hydrogen-bond acceptors (Lipinski definition) is 1. The standard InChI is InChI=1S/C19H18ClNO/c1-19(2,3)13-6-4-12(5-7-13)18(22)16-11-21-17-10-14(20)8-9-15(16)17/h4-11,21H,1-3H3. The molecule has 0 saturated heterocycles. The number of hydrogen-bond donors (Lipinski definition) is 1. The highest BCUT2D eigenvalue weighted by molar-refractivity contribution is 6.31. The third-order valence-electron chi connectivity index (χ3n) is 3.90. The first-order chi connectivity index (χ1) is 10.4. The van der Waals surface area contributed by atoms with Gasteiger partial charge in [-0.1, -0.05) is 62.7 Å². The van der Waals surface area contributed by atoms with Crippen LogP contribution in [-0.4, -0.2) is 10.8 Å². The van der Waals surface area contributed by atoms with E-state index in [2.05, 4.69) is 25.8 Å². The lowest BCUT2D eigenvalue weighted by atomic mass is 9.86. The molecule has 0 fully saturated rings. The zero-order valence-corrected chi connectivity index (χ0v) is 13.7. The van der Waals surface area contributed by atoms with E-state index in [1.807, 2.05) is 36.4 Å². The molecule has 0 aliphatic rings. The number of nitrogens with one attached hydrogen (secondary N) is 1. The van der Waals surface area contributed by atoms with Gasteiger partial charge in [0.05, 0.1) is 0 Å². The van der Waals surface area contributed by atoms with E-state index < -0.39 is 0 Å². The van der Waals surface area contributed by atoms with E-state index >= 15 is 0 Å². The summed E-state index contributed by atoms with van der Waals surface area (Å²) in [6.07, 6.45) is 1.75. The Morgan fingerprint density at radius 1 is 1.05 bits per heavy atom. The number of fused-ring (bicyclic) bond motifs is 1. The van der Waals surface area contributed by atoms with E-state index in [1.165, 1.54) is 5.56 Å². The van der Waals surface area contributed by atoms with Gasteiger partial charge in [0.2, 0.25) is 0 Å². The fourth-order valence-electron chi connectivity index (χ4n) is 2.56. The van der Waals surface area contributed by atoms with E-state index in [1.54, 1.807) is 12.3 Å². The predicted octanol–water partition coefficient (Wildman–Crippen LogP) is 5.35. The molecule has 0 unspecified atom stereocenters. The number of aromatic amines is 1. The minimum Gasteiger partial charge on any atom is -0.360 e. The molecule has 0 atom stereocenters. The number of rotatable bonds is 2. The number of benzene rings is 2. The van der Waals surface area contributed by atoms with E-state index in [9.17, 15) is 4.79 Å². The van der Waals surface area contributed by atoms with Gasteiger partial charge in [0.1, 0.15) is 0 Å². The zero-order valence-electron chi connectivity index (χ0n) is 12.9. The summed E-state index contributed by atoms with van der Waals surface area (Å²) < 4.78 is 0. The summed E-state index contributed by atoms with van der Waals surface area (Å²) in [4.78, 5) is 15.8. The van der Waals surface area contributed by atoms with Gasteiger partial charge in [-0.05, 0) is 23.1 Å². The smallest absolute Gasteiger partial charge is 0.195 e. The first-order valence-corrected chi connectivity index (χ1v) is 7.66. The molecule has 0 radical (unpaired) electrons. The summed E-state index contributed by atoms with van der Waals surface area (Å²) in [5, 5.41) is 1.55. The normalized spacial score (nSPS) is 11.8. The van der Waals surface area contributed by atoms with Crippen LogP contribution < -0.4 is 0 Å². The highest BCUT2D eigenvalue weighted by Crippen LogP contribution is 2.26. The molecule has 0 spiro atoms. The Bertz CT molecular complexity index is 838. The van der Waals surface area contributed by atoms with Gasteiger partial charge in [-0.25, -0.2) is 0 Å². The summed E-state index contributed by atoms with van der Waals surface area (Å²) in [5.74, 6) is 0.0223. The Morgan fingerprint density at radius 2 is 1.73 bits per heavy atom. The van der Waals surface area contributed by atoms with Crippen LogP contribution in [-0.2, 0) is 5.41 Å². The lowest BCUT2D eigenvalue weighted by Gasteiger charge is -2.18. The van der Waals surface area contributed by atoms with Gasteiger partial charge in [0.25, 0.3) is 0 Å². The lowest BCUT2D eigenvalue weighted by molar-refractivity contribution is 0.104. The van der Waals surface area contributed by atoms with Crippen LogP contribution in [0.3, 0.4) is 0 Å². The van der Waals surface area contributed by atoms with E-state index in [0.29, 0.717) is 16.1 Å².